The van der Waals surface area contributed by atoms with E-state index < -0.39 is 18.1 Å². The first-order valence-corrected chi connectivity index (χ1v) is 12.0. The predicted molar refractivity (Wildman–Crippen MR) is 127 cm³/mol. The van der Waals surface area contributed by atoms with Crippen LogP contribution >= 0.6 is 0 Å². The molecule has 0 heterocycles. The second kappa shape index (κ2) is 14.6. The third-order valence-corrected chi connectivity index (χ3v) is 6.23. The van der Waals surface area contributed by atoms with E-state index in [9.17, 15) is 15.0 Å². The molecule has 5 nitrogen and oxygen atoms in total. The Morgan fingerprint density at radius 1 is 1.22 bits per heavy atom. The molecule has 1 saturated carbocycles. The minimum absolute atomic E-state index is 0.0526. The van der Waals surface area contributed by atoms with E-state index in [0.29, 0.717) is 32.5 Å². The van der Waals surface area contributed by atoms with E-state index in [4.69, 9.17) is 9.47 Å². The van der Waals surface area contributed by atoms with E-state index in [1.54, 1.807) is 19.3 Å². The van der Waals surface area contributed by atoms with Gasteiger partial charge in [0.25, 0.3) is 0 Å². The van der Waals surface area contributed by atoms with Crippen LogP contribution in [0.2, 0.25) is 0 Å². The number of ketones is 1. The third-order valence-electron chi connectivity index (χ3n) is 6.23. The highest BCUT2D eigenvalue weighted by molar-refractivity contribution is 5.85. The summed E-state index contributed by atoms with van der Waals surface area (Å²) in [7, 11) is 1.66. The maximum absolute atomic E-state index is 12.5. The van der Waals surface area contributed by atoms with Gasteiger partial charge in [-0.3, -0.25) is 4.79 Å². The molecule has 1 aromatic rings. The van der Waals surface area contributed by atoms with Crippen LogP contribution in [0.15, 0.2) is 36.4 Å². The molecule has 2 N–H and O–H groups in total. The van der Waals surface area contributed by atoms with Crippen LogP contribution < -0.4 is 0 Å². The van der Waals surface area contributed by atoms with Gasteiger partial charge < -0.3 is 19.7 Å². The third kappa shape index (κ3) is 8.78. The number of carbonyl (C=O) groups is 1. The Kier molecular flexibility index (Phi) is 12.2. The Hall–Kier alpha value is -1.53. The SMILES string of the molecule is [CH2]C(CCOCCCCCC)C1C(=O)C[C@H](/C=C/[C@@H](O)Cc2cccc(COC)c2)[C@@H]1O. The van der Waals surface area contributed by atoms with Crippen LogP contribution in [-0.4, -0.2) is 48.5 Å². The number of Topliss-reactive ketones (excluding diaryl/α,β-unsaturated/α-hetero) is 1. The summed E-state index contributed by atoms with van der Waals surface area (Å²) in [5.74, 6) is -0.853. The lowest BCUT2D eigenvalue weighted by Gasteiger charge is -2.22. The van der Waals surface area contributed by atoms with Crippen molar-refractivity contribution in [3.05, 3.63) is 54.5 Å². The number of hydrogen-bond donors (Lipinski definition) is 2. The molecule has 0 spiro atoms. The van der Waals surface area contributed by atoms with Crippen molar-refractivity contribution in [1.29, 1.82) is 0 Å². The molecule has 1 fully saturated rings. The molecule has 1 radical (unpaired) electrons. The van der Waals surface area contributed by atoms with Gasteiger partial charge >= 0.3 is 0 Å². The second-order valence-electron chi connectivity index (χ2n) is 8.98. The summed E-state index contributed by atoms with van der Waals surface area (Å²) in [5, 5.41) is 21.2. The van der Waals surface area contributed by atoms with Crippen molar-refractivity contribution in [3.8, 4) is 0 Å². The molecule has 5 heteroatoms. The zero-order chi connectivity index (χ0) is 23.3. The van der Waals surface area contributed by atoms with E-state index in [0.717, 1.165) is 24.2 Å². The van der Waals surface area contributed by atoms with Crippen molar-refractivity contribution in [2.24, 2.45) is 17.8 Å². The molecule has 1 aromatic carbocycles. The summed E-state index contributed by atoms with van der Waals surface area (Å²) in [6, 6.07) is 7.93. The summed E-state index contributed by atoms with van der Waals surface area (Å²) in [4.78, 5) is 12.5. The van der Waals surface area contributed by atoms with Crippen LogP contribution in [0.25, 0.3) is 0 Å². The van der Waals surface area contributed by atoms with E-state index in [1.807, 2.05) is 24.3 Å². The molecule has 2 unspecified atom stereocenters. The normalized spacial score (nSPS) is 23.2. The van der Waals surface area contributed by atoms with Crippen molar-refractivity contribution >= 4 is 5.78 Å². The van der Waals surface area contributed by atoms with E-state index in [1.165, 1.54) is 19.3 Å². The minimum atomic E-state index is -0.761. The van der Waals surface area contributed by atoms with Crippen LogP contribution in [0.5, 0.6) is 0 Å². The number of methoxy groups -OCH3 is 1. The Bertz CT molecular complexity index is 701. The van der Waals surface area contributed by atoms with Crippen molar-refractivity contribution in [3.63, 3.8) is 0 Å². The molecular formula is C27H41O5. The van der Waals surface area contributed by atoms with Gasteiger partial charge in [0.15, 0.2) is 0 Å². The van der Waals surface area contributed by atoms with E-state index in [2.05, 4.69) is 13.8 Å². The number of rotatable bonds is 15. The minimum Gasteiger partial charge on any atom is -0.392 e. The summed E-state index contributed by atoms with van der Waals surface area (Å²) in [5.41, 5.74) is 2.08. The first kappa shape index (κ1) is 26.7. The molecule has 5 atom stereocenters. The molecule has 0 amide bonds. The summed E-state index contributed by atoms with van der Waals surface area (Å²) in [6.07, 6.45) is 8.17. The Balaban J connectivity index is 1.79. The number of aliphatic hydroxyl groups excluding tert-OH is 2. The average Bonchev–Trinajstić information content (AvgIpc) is 3.05. The topological polar surface area (TPSA) is 76.0 Å². The largest absolute Gasteiger partial charge is 0.392 e. The molecule has 2 rings (SSSR count). The van der Waals surface area contributed by atoms with Crippen LogP contribution in [-0.2, 0) is 27.3 Å². The highest BCUT2D eigenvalue weighted by Gasteiger charge is 2.42. The maximum Gasteiger partial charge on any atom is 0.139 e. The van der Waals surface area contributed by atoms with E-state index >= 15 is 0 Å². The van der Waals surface area contributed by atoms with Gasteiger partial charge in [0.1, 0.15) is 5.78 Å². The van der Waals surface area contributed by atoms with Crippen LogP contribution in [0.4, 0.5) is 0 Å². The number of benzene rings is 1. The van der Waals surface area contributed by atoms with Gasteiger partial charge in [-0.05, 0) is 36.8 Å². The molecule has 0 saturated heterocycles. The van der Waals surface area contributed by atoms with Gasteiger partial charge in [0, 0.05) is 45.0 Å². The molecule has 1 aliphatic rings. The zero-order valence-electron chi connectivity index (χ0n) is 19.7. The van der Waals surface area contributed by atoms with Gasteiger partial charge in [-0.15, -0.1) is 0 Å². The molecule has 32 heavy (non-hydrogen) atoms. The fourth-order valence-corrected chi connectivity index (χ4v) is 4.41. The van der Waals surface area contributed by atoms with Crippen molar-refractivity contribution in [2.45, 2.75) is 70.7 Å². The number of carbonyl (C=O) groups excluding carboxylic acids is 1. The molecule has 0 aromatic heterocycles. The van der Waals surface area contributed by atoms with Gasteiger partial charge in [0.2, 0.25) is 0 Å². The molecule has 179 valence electrons. The standard InChI is InChI=1S/C27H41O5/c1-4-5-6-7-14-32-15-13-20(2)26-25(29)18-23(27(26)30)11-12-24(28)17-21-9-8-10-22(16-21)19-31-3/h8-12,16,20,23-24,26-28,30H,2,4-7,13-15,17-19H2,1,3H3/b12-11+/t20?,23-,24+,26?,27-/m0/s1. The first-order valence-electron chi connectivity index (χ1n) is 12.0. The van der Waals surface area contributed by atoms with Gasteiger partial charge in [-0.1, -0.05) is 62.6 Å². The maximum atomic E-state index is 12.5. The Labute approximate surface area is 193 Å². The highest BCUT2D eigenvalue weighted by atomic mass is 16.5. The number of hydrogen-bond acceptors (Lipinski definition) is 5. The molecular weight excluding hydrogens is 404 g/mol. The smallest absolute Gasteiger partial charge is 0.139 e. The molecule has 0 bridgehead atoms. The van der Waals surface area contributed by atoms with Gasteiger partial charge in [0.05, 0.1) is 18.8 Å². The van der Waals surface area contributed by atoms with Crippen LogP contribution in [0.1, 0.15) is 56.6 Å². The lowest BCUT2D eigenvalue weighted by molar-refractivity contribution is -0.123. The average molecular weight is 446 g/mol. The zero-order valence-corrected chi connectivity index (χ0v) is 19.7. The lowest BCUT2D eigenvalue weighted by atomic mass is 9.86. The predicted octanol–water partition coefficient (Wildman–Crippen LogP) is 4.30. The fourth-order valence-electron chi connectivity index (χ4n) is 4.41. The van der Waals surface area contributed by atoms with Crippen molar-refractivity contribution in [1.82, 2.24) is 0 Å². The lowest BCUT2D eigenvalue weighted by Crippen LogP contribution is -2.29. The van der Waals surface area contributed by atoms with Gasteiger partial charge in [-0.25, -0.2) is 0 Å². The Morgan fingerprint density at radius 3 is 2.75 bits per heavy atom. The van der Waals surface area contributed by atoms with Crippen LogP contribution in [0.3, 0.4) is 0 Å². The second-order valence-corrected chi connectivity index (χ2v) is 8.98. The Morgan fingerprint density at radius 2 is 2.00 bits per heavy atom. The highest BCUT2D eigenvalue weighted by Crippen LogP contribution is 2.35. The van der Waals surface area contributed by atoms with E-state index in [-0.39, 0.29) is 17.6 Å². The fraction of sp³-hybridized carbons (Fsp3) is 0.630. The monoisotopic (exact) mass is 445 g/mol. The first-order chi connectivity index (χ1) is 15.5. The van der Waals surface area contributed by atoms with Gasteiger partial charge in [-0.2, -0.15) is 0 Å². The quantitative estimate of drug-likeness (QED) is 0.311. The molecule has 1 aliphatic carbocycles. The summed E-state index contributed by atoms with van der Waals surface area (Å²) >= 11 is 0. The van der Waals surface area contributed by atoms with Crippen molar-refractivity contribution < 1.29 is 24.5 Å². The van der Waals surface area contributed by atoms with Crippen LogP contribution in [0, 0.1) is 24.7 Å². The number of unbranched alkanes of at least 4 members (excludes halogenated alkanes) is 3. The summed E-state index contributed by atoms with van der Waals surface area (Å²) < 4.78 is 10.8. The number of aliphatic hydroxyl groups is 2. The van der Waals surface area contributed by atoms with Crippen molar-refractivity contribution in [2.75, 3.05) is 20.3 Å². The number of ether oxygens (including phenoxy) is 2. The summed E-state index contributed by atoms with van der Waals surface area (Å²) in [6.45, 7) is 8.16. The molecule has 0 aliphatic heterocycles.